The molecule has 4 fully saturated rings. The van der Waals surface area contributed by atoms with E-state index in [4.69, 9.17) is 0 Å². The molecule has 4 aliphatic rings. The molecular formula is C23H23N3OS. The van der Waals surface area contributed by atoms with E-state index in [1.807, 2.05) is 23.7 Å². The Balaban J connectivity index is 1.39. The van der Waals surface area contributed by atoms with Gasteiger partial charge in [0.1, 0.15) is 0 Å². The van der Waals surface area contributed by atoms with Crippen molar-refractivity contribution >= 4 is 27.5 Å². The van der Waals surface area contributed by atoms with Gasteiger partial charge in [0.05, 0.1) is 21.8 Å². The van der Waals surface area contributed by atoms with E-state index in [0.29, 0.717) is 23.9 Å². The number of rotatable bonds is 2. The second kappa shape index (κ2) is 6.39. The van der Waals surface area contributed by atoms with Crippen LogP contribution in [0.5, 0.6) is 0 Å². The van der Waals surface area contributed by atoms with Gasteiger partial charge in [-0.05, 0) is 55.6 Å². The number of thiazole rings is 1. The SMILES string of the molecule is O=C(c1ccc2ncsc2c1)N1C[C@H](c2ccccc2)[C@H]2[C@@H]1C1CCN2CC1. The normalized spacial score (nSPS) is 31.3. The summed E-state index contributed by atoms with van der Waals surface area (Å²) in [6.07, 6.45) is 2.45. The number of aromatic nitrogens is 1. The van der Waals surface area contributed by atoms with Crippen LogP contribution in [0.4, 0.5) is 0 Å². The summed E-state index contributed by atoms with van der Waals surface area (Å²) in [5, 5.41) is 0. The van der Waals surface area contributed by atoms with Crippen LogP contribution in [0.15, 0.2) is 54.0 Å². The summed E-state index contributed by atoms with van der Waals surface area (Å²) in [4.78, 5) is 22.8. The summed E-state index contributed by atoms with van der Waals surface area (Å²) in [6, 6.07) is 17.6. The van der Waals surface area contributed by atoms with Crippen LogP contribution >= 0.6 is 11.3 Å². The molecule has 0 saturated carbocycles. The van der Waals surface area contributed by atoms with Gasteiger partial charge < -0.3 is 4.90 Å². The molecule has 0 spiro atoms. The number of hydrogen-bond donors (Lipinski definition) is 0. The Bertz CT molecular complexity index is 1020. The second-order valence-electron chi connectivity index (χ2n) is 8.36. The number of piperidine rings is 3. The number of benzene rings is 2. The maximum absolute atomic E-state index is 13.6. The summed E-state index contributed by atoms with van der Waals surface area (Å²) >= 11 is 1.60. The fraction of sp³-hybridized carbons (Fsp3) is 0.391. The van der Waals surface area contributed by atoms with Gasteiger partial charge in [0.2, 0.25) is 0 Å². The Morgan fingerprint density at radius 2 is 1.86 bits per heavy atom. The highest BCUT2D eigenvalue weighted by Crippen LogP contribution is 2.47. The van der Waals surface area contributed by atoms with Gasteiger partial charge >= 0.3 is 0 Å². The van der Waals surface area contributed by atoms with Crippen molar-refractivity contribution < 1.29 is 4.79 Å². The van der Waals surface area contributed by atoms with E-state index in [1.165, 1.54) is 31.5 Å². The standard InChI is InChI=1S/C23H23N3OS/c27-23(17-6-7-19-20(12-17)28-14-24-19)26-13-18(15-4-2-1-3-5-15)22-21(26)16-8-10-25(22)11-9-16/h1-7,12,14,16,18,21-22H,8-11,13H2/t18-,21+,22+/m1/s1. The van der Waals surface area contributed by atoms with Gasteiger partial charge in [-0.3, -0.25) is 9.69 Å². The molecule has 7 rings (SSSR count). The average Bonchev–Trinajstić information content (AvgIpc) is 3.40. The van der Waals surface area contributed by atoms with Crippen LogP contribution in [0, 0.1) is 5.92 Å². The number of carbonyl (C=O) groups excluding carboxylic acids is 1. The Labute approximate surface area is 168 Å². The van der Waals surface area contributed by atoms with Crippen molar-refractivity contribution in [2.75, 3.05) is 19.6 Å². The predicted octanol–water partition coefficient (Wildman–Crippen LogP) is 4.00. The number of likely N-dealkylation sites (tertiary alicyclic amines) is 1. The van der Waals surface area contributed by atoms with Gasteiger partial charge in [-0.2, -0.15) is 0 Å². The van der Waals surface area contributed by atoms with Crippen LogP contribution in [0.3, 0.4) is 0 Å². The molecule has 0 radical (unpaired) electrons. The molecule has 28 heavy (non-hydrogen) atoms. The van der Waals surface area contributed by atoms with Crippen molar-refractivity contribution in [1.29, 1.82) is 0 Å². The third-order valence-electron chi connectivity index (χ3n) is 7.06. The minimum atomic E-state index is 0.192. The first-order valence-corrected chi connectivity index (χ1v) is 11.1. The Hall–Kier alpha value is -2.24. The van der Waals surface area contributed by atoms with Crippen LogP contribution in [0.25, 0.3) is 10.2 Å². The van der Waals surface area contributed by atoms with Crippen LogP contribution in [0.2, 0.25) is 0 Å². The van der Waals surface area contributed by atoms with Gasteiger partial charge in [0.15, 0.2) is 0 Å². The van der Waals surface area contributed by atoms with Gasteiger partial charge in [0, 0.05) is 24.1 Å². The highest BCUT2D eigenvalue weighted by Gasteiger charge is 2.54. The lowest BCUT2D eigenvalue weighted by Gasteiger charge is -2.51. The predicted molar refractivity (Wildman–Crippen MR) is 112 cm³/mol. The van der Waals surface area contributed by atoms with E-state index in [-0.39, 0.29) is 5.91 Å². The maximum atomic E-state index is 13.6. The lowest BCUT2D eigenvalue weighted by atomic mass is 9.75. The first-order valence-electron chi connectivity index (χ1n) is 10.2. The van der Waals surface area contributed by atoms with Crippen molar-refractivity contribution in [2.24, 2.45) is 5.92 Å². The van der Waals surface area contributed by atoms with Crippen LogP contribution in [0.1, 0.15) is 34.7 Å². The lowest BCUT2D eigenvalue weighted by Crippen LogP contribution is -2.60. The summed E-state index contributed by atoms with van der Waals surface area (Å²) in [5.41, 5.74) is 5.01. The molecule has 2 aromatic carbocycles. The molecule has 0 N–H and O–H groups in total. The third-order valence-corrected chi connectivity index (χ3v) is 7.85. The maximum Gasteiger partial charge on any atom is 0.254 e. The summed E-state index contributed by atoms with van der Waals surface area (Å²) in [7, 11) is 0. The molecule has 4 aliphatic heterocycles. The first-order chi connectivity index (χ1) is 13.8. The number of fused-ring (bicyclic) bond motifs is 3. The van der Waals surface area contributed by atoms with E-state index < -0.39 is 0 Å². The summed E-state index contributed by atoms with van der Waals surface area (Å²) in [6.45, 7) is 3.19. The fourth-order valence-electron chi connectivity index (χ4n) is 5.80. The van der Waals surface area contributed by atoms with E-state index in [0.717, 1.165) is 22.3 Å². The molecule has 142 valence electrons. The lowest BCUT2D eigenvalue weighted by molar-refractivity contribution is -0.00340. The molecule has 4 saturated heterocycles. The van der Waals surface area contributed by atoms with Crippen LogP contribution in [-0.2, 0) is 0 Å². The Morgan fingerprint density at radius 1 is 1.04 bits per heavy atom. The molecular weight excluding hydrogens is 366 g/mol. The summed E-state index contributed by atoms with van der Waals surface area (Å²) in [5.74, 6) is 1.24. The molecule has 3 aromatic rings. The molecule has 2 bridgehead atoms. The Kier molecular flexibility index (Phi) is 3.81. The van der Waals surface area contributed by atoms with Gasteiger partial charge in [-0.25, -0.2) is 4.98 Å². The highest BCUT2D eigenvalue weighted by atomic mass is 32.1. The minimum Gasteiger partial charge on any atom is -0.333 e. The molecule has 4 nitrogen and oxygen atoms in total. The summed E-state index contributed by atoms with van der Waals surface area (Å²) < 4.78 is 1.09. The van der Waals surface area contributed by atoms with Crippen molar-refractivity contribution in [3.8, 4) is 0 Å². The number of nitrogens with zero attached hydrogens (tertiary/aromatic N) is 3. The average molecular weight is 390 g/mol. The van der Waals surface area contributed by atoms with Gasteiger partial charge in [0.25, 0.3) is 5.91 Å². The quantitative estimate of drug-likeness (QED) is 0.665. The van der Waals surface area contributed by atoms with Crippen LogP contribution < -0.4 is 0 Å². The smallest absolute Gasteiger partial charge is 0.254 e. The monoisotopic (exact) mass is 389 g/mol. The van der Waals surface area contributed by atoms with Crippen molar-refractivity contribution in [3.63, 3.8) is 0 Å². The topological polar surface area (TPSA) is 36.4 Å². The molecule has 0 aliphatic carbocycles. The van der Waals surface area contributed by atoms with Crippen molar-refractivity contribution in [2.45, 2.75) is 30.8 Å². The van der Waals surface area contributed by atoms with Gasteiger partial charge in [-0.1, -0.05) is 30.3 Å². The zero-order chi connectivity index (χ0) is 18.7. The van der Waals surface area contributed by atoms with Crippen molar-refractivity contribution in [1.82, 2.24) is 14.8 Å². The number of hydrogen-bond acceptors (Lipinski definition) is 4. The molecule has 1 amide bonds. The van der Waals surface area contributed by atoms with E-state index in [2.05, 4.69) is 45.1 Å². The molecule has 5 heteroatoms. The zero-order valence-electron chi connectivity index (χ0n) is 15.7. The fourth-order valence-corrected chi connectivity index (χ4v) is 6.52. The zero-order valence-corrected chi connectivity index (χ0v) is 16.5. The first kappa shape index (κ1) is 16.7. The van der Waals surface area contributed by atoms with E-state index in [9.17, 15) is 4.79 Å². The molecule has 1 aromatic heterocycles. The molecule has 3 atom stereocenters. The molecule has 0 unspecified atom stereocenters. The number of amides is 1. The second-order valence-corrected chi connectivity index (χ2v) is 9.25. The Morgan fingerprint density at radius 3 is 2.68 bits per heavy atom. The highest BCUT2D eigenvalue weighted by molar-refractivity contribution is 7.16. The van der Waals surface area contributed by atoms with E-state index >= 15 is 0 Å². The van der Waals surface area contributed by atoms with E-state index in [1.54, 1.807) is 11.3 Å². The molecule has 5 heterocycles. The third kappa shape index (κ3) is 2.46. The van der Waals surface area contributed by atoms with Gasteiger partial charge in [-0.15, -0.1) is 11.3 Å². The van der Waals surface area contributed by atoms with Crippen molar-refractivity contribution in [3.05, 3.63) is 65.2 Å². The minimum absolute atomic E-state index is 0.192. The largest absolute Gasteiger partial charge is 0.333 e. The number of carbonyl (C=O) groups is 1. The van der Waals surface area contributed by atoms with Crippen LogP contribution in [-0.4, -0.2) is 52.4 Å².